The fourth-order valence-corrected chi connectivity index (χ4v) is 2.63. The van der Waals surface area contributed by atoms with Crippen LogP contribution in [0.1, 0.15) is 5.56 Å². The van der Waals surface area contributed by atoms with Gasteiger partial charge in [-0.05, 0) is 43.0 Å². The van der Waals surface area contributed by atoms with Crippen molar-refractivity contribution in [2.24, 2.45) is 0 Å². The van der Waals surface area contributed by atoms with Crippen molar-refractivity contribution in [2.45, 2.75) is 11.8 Å². The van der Waals surface area contributed by atoms with Crippen LogP contribution in [0.2, 0.25) is 5.02 Å². The molecular formula is C16H17ClN2OS. The van der Waals surface area contributed by atoms with Crippen molar-refractivity contribution in [1.82, 2.24) is 0 Å². The zero-order valence-corrected chi connectivity index (χ0v) is 13.5. The minimum atomic E-state index is -0.0872. The van der Waals surface area contributed by atoms with Gasteiger partial charge in [-0.1, -0.05) is 29.8 Å². The number of para-hydroxylation sites is 1. The maximum Gasteiger partial charge on any atom is 0.243 e. The van der Waals surface area contributed by atoms with Gasteiger partial charge in [0.2, 0.25) is 5.91 Å². The van der Waals surface area contributed by atoms with Gasteiger partial charge >= 0.3 is 0 Å². The van der Waals surface area contributed by atoms with Gasteiger partial charge in [-0.25, -0.2) is 0 Å². The summed E-state index contributed by atoms with van der Waals surface area (Å²) in [5, 5.41) is 6.67. The van der Waals surface area contributed by atoms with Gasteiger partial charge in [0.15, 0.2) is 0 Å². The first-order valence-corrected chi connectivity index (χ1v) is 8.13. The van der Waals surface area contributed by atoms with Crippen LogP contribution in [-0.4, -0.2) is 18.7 Å². The highest BCUT2D eigenvalue weighted by Gasteiger charge is 2.07. The summed E-state index contributed by atoms with van der Waals surface area (Å²) in [4.78, 5) is 13.1. The molecule has 2 N–H and O–H groups in total. The highest BCUT2D eigenvalue weighted by atomic mass is 35.5. The summed E-state index contributed by atoms with van der Waals surface area (Å²) in [7, 11) is 0. The Kier molecular flexibility index (Phi) is 5.53. The lowest BCUT2D eigenvalue weighted by Gasteiger charge is -2.12. The number of carbonyl (C=O) groups excluding carboxylic acids is 1. The molecule has 0 unspecified atom stereocenters. The van der Waals surface area contributed by atoms with E-state index in [1.54, 1.807) is 11.8 Å². The molecule has 0 aliphatic heterocycles. The number of aryl methyl sites for hydroxylation is 1. The Morgan fingerprint density at radius 3 is 2.71 bits per heavy atom. The normalized spacial score (nSPS) is 10.2. The van der Waals surface area contributed by atoms with Crippen LogP contribution in [0, 0.1) is 6.92 Å². The number of rotatable bonds is 5. The number of hydrogen-bond acceptors (Lipinski definition) is 3. The lowest BCUT2D eigenvalue weighted by atomic mass is 10.2. The van der Waals surface area contributed by atoms with Gasteiger partial charge in [0, 0.05) is 15.6 Å². The van der Waals surface area contributed by atoms with Crippen molar-refractivity contribution in [3.05, 3.63) is 53.1 Å². The minimum Gasteiger partial charge on any atom is -0.376 e. The van der Waals surface area contributed by atoms with Crippen LogP contribution in [0.25, 0.3) is 0 Å². The van der Waals surface area contributed by atoms with Gasteiger partial charge in [-0.2, -0.15) is 0 Å². The molecule has 0 atom stereocenters. The fraction of sp³-hybridized carbons (Fsp3) is 0.188. The summed E-state index contributed by atoms with van der Waals surface area (Å²) >= 11 is 7.56. The molecule has 0 fully saturated rings. The van der Waals surface area contributed by atoms with Gasteiger partial charge < -0.3 is 10.6 Å². The largest absolute Gasteiger partial charge is 0.376 e. The highest BCUT2D eigenvalue weighted by Crippen LogP contribution is 2.24. The lowest BCUT2D eigenvalue weighted by Crippen LogP contribution is -2.22. The van der Waals surface area contributed by atoms with Crippen molar-refractivity contribution in [1.29, 1.82) is 0 Å². The van der Waals surface area contributed by atoms with E-state index in [1.807, 2.05) is 55.6 Å². The van der Waals surface area contributed by atoms with E-state index in [-0.39, 0.29) is 12.5 Å². The molecule has 0 aliphatic rings. The first kappa shape index (κ1) is 15.7. The van der Waals surface area contributed by atoms with Crippen LogP contribution < -0.4 is 10.6 Å². The molecule has 0 bridgehead atoms. The molecule has 2 aromatic rings. The average molecular weight is 321 g/mol. The molecule has 0 aliphatic carbocycles. The van der Waals surface area contributed by atoms with E-state index in [4.69, 9.17) is 11.6 Å². The van der Waals surface area contributed by atoms with Crippen LogP contribution >= 0.6 is 23.4 Å². The molecule has 0 saturated heterocycles. The third-order valence-electron chi connectivity index (χ3n) is 3.02. The first-order chi connectivity index (χ1) is 10.1. The second-order valence-corrected chi connectivity index (χ2v) is 5.85. The molecule has 0 saturated carbocycles. The Hall–Kier alpha value is -1.65. The summed E-state index contributed by atoms with van der Waals surface area (Å²) in [6.45, 7) is 2.17. The molecule has 1 amide bonds. The third-order valence-corrected chi connectivity index (χ3v) is 4.05. The molecule has 110 valence electrons. The Bertz CT molecular complexity index is 646. The third kappa shape index (κ3) is 4.41. The predicted molar refractivity (Wildman–Crippen MR) is 91.5 cm³/mol. The molecule has 0 radical (unpaired) electrons. The van der Waals surface area contributed by atoms with E-state index in [1.165, 1.54) is 0 Å². The summed E-state index contributed by atoms with van der Waals surface area (Å²) in [5.41, 5.74) is 2.76. The maximum absolute atomic E-state index is 12.0. The SMILES string of the molecule is CSc1ccccc1NC(=O)CNc1cc(Cl)ccc1C. The zero-order chi connectivity index (χ0) is 15.2. The van der Waals surface area contributed by atoms with Crippen molar-refractivity contribution in [2.75, 3.05) is 23.4 Å². The van der Waals surface area contributed by atoms with E-state index < -0.39 is 0 Å². The van der Waals surface area contributed by atoms with E-state index in [0.29, 0.717) is 5.02 Å². The minimum absolute atomic E-state index is 0.0872. The van der Waals surface area contributed by atoms with Gasteiger partial charge in [-0.3, -0.25) is 4.79 Å². The molecule has 0 spiro atoms. The summed E-state index contributed by atoms with van der Waals surface area (Å²) in [6, 6.07) is 13.3. The summed E-state index contributed by atoms with van der Waals surface area (Å²) < 4.78 is 0. The smallest absolute Gasteiger partial charge is 0.243 e. The fourth-order valence-electron chi connectivity index (χ4n) is 1.90. The van der Waals surface area contributed by atoms with Crippen LogP contribution in [-0.2, 0) is 4.79 Å². The van der Waals surface area contributed by atoms with Gasteiger partial charge in [-0.15, -0.1) is 11.8 Å². The average Bonchev–Trinajstić information content (AvgIpc) is 2.49. The molecule has 2 rings (SSSR count). The number of anilines is 2. The number of thioether (sulfide) groups is 1. The molecule has 5 heteroatoms. The Balaban J connectivity index is 1.97. The standard InChI is InChI=1S/C16H17ClN2OS/c1-11-7-8-12(17)9-14(11)18-10-16(20)19-13-5-3-4-6-15(13)21-2/h3-9,18H,10H2,1-2H3,(H,19,20). The second kappa shape index (κ2) is 7.38. The predicted octanol–water partition coefficient (Wildman–Crippen LogP) is 4.42. The zero-order valence-electron chi connectivity index (χ0n) is 11.9. The summed E-state index contributed by atoms with van der Waals surface area (Å²) in [5.74, 6) is -0.0872. The Labute approximate surface area is 134 Å². The van der Waals surface area contributed by atoms with Crippen LogP contribution in [0.4, 0.5) is 11.4 Å². The van der Waals surface area contributed by atoms with E-state index in [0.717, 1.165) is 21.8 Å². The highest BCUT2D eigenvalue weighted by molar-refractivity contribution is 7.98. The summed E-state index contributed by atoms with van der Waals surface area (Å²) in [6.07, 6.45) is 1.98. The topological polar surface area (TPSA) is 41.1 Å². The molecular weight excluding hydrogens is 304 g/mol. The molecule has 2 aromatic carbocycles. The lowest BCUT2D eigenvalue weighted by molar-refractivity contribution is -0.114. The van der Waals surface area contributed by atoms with Crippen LogP contribution in [0.3, 0.4) is 0 Å². The number of nitrogens with one attached hydrogen (secondary N) is 2. The first-order valence-electron chi connectivity index (χ1n) is 6.53. The molecule has 3 nitrogen and oxygen atoms in total. The monoisotopic (exact) mass is 320 g/mol. The quantitative estimate of drug-likeness (QED) is 0.801. The number of halogens is 1. The van der Waals surface area contributed by atoms with Crippen molar-refractivity contribution in [3.8, 4) is 0 Å². The molecule has 21 heavy (non-hydrogen) atoms. The number of hydrogen-bond donors (Lipinski definition) is 2. The van der Waals surface area contributed by atoms with Gasteiger partial charge in [0.1, 0.15) is 0 Å². The van der Waals surface area contributed by atoms with Crippen LogP contribution in [0.15, 0.2) is 47.4 Å². The number of amides is 1. The van der Waals surface area contributed by atoms with E-state index >= 15 is 0 Å². The molecule has 0 aromatic heterocycles. The van der Waals surface area contributed by atoms with Crippen molar-refractivity contribution < 1.29 is 4.79 Å². The van der Waals surface area contributed by atoms with E-state index in [9.17, 15) is 4.79 Å². The Morgan fingerprint density at radius 1 is 1.19 bits per heavy atom. The van der Waals surface area contributed by atoms with Crippen LogP contribution in [0.5, 0.6) is 0 Å². The van der Waals surface area contributed by atoms with Gasteiger partial charge in [0.05, 0.1) is 12.2 Å². The Morgan fingerprint density at radius 2 is 1.95 bits per heavy atom. The van der Waals surface area contributed by atoms with Gasteiger partial charge in [0.25, 0.3) is 0 Å². The van der Waals surface area contributed by atoms with Crippen molar-refractivity contribution >= 4 is 40.6 Å². The number of benzene rings is 2. The second-order valence-electron chi connectivity index (χ2n) is 4.56. The molecule has 0 heterocycles. The number of carbonyl (C=O) groups is 1. The van der Waals surface area contributed by atoms with E-state index in [2.05, 4.69) is 10.6 Å². The van der Waals surface area contributed by atoms with Crippen molar-refractivity contribution in [3.63, 3.8) is 0 Å². The maximum atomic E-state index is 12.0.